The van der Waals surface area contributed by atoms with Gasteiger partial charge in [0.2, 0.25) is 0 Å². The smallest absolute Gasteiger partial charge is 0.350 e. The maximum absolute atomic E-state index is 13.3. The average molecular weight is 347 g/mol. The van der Waals surface area contributed by atoms with E-state index in [1.807, 2.05) is 0 Å². The Bertz CT molecular complexity index is 807. The highest BCUT2D eigenvalue weighted by molar-refractivity contribution is 6.21. The van der Waals surface area contributed by atoms with Gasteiger partial charge in [0.25, 0.3) is 11.5 Å². The van der Waals surface area contributed by atoms with E-state index in [0.29, 0.717) is 11.3 Å². The minimum atomic E-state index is -1.87. The molecule has 2 atom stereocenters. The summed E-state index contributed by atoms with van der Waals surface area (Å²) in [7, 11) is 2.38. The Morgan fingerprint density at radius 1 is 1.00 bits per heavy atom. The fourth-order valence-electron chi connectivity index (χ4n) is 3.06. The van der Waals surface area contributed by atoms with Crippen LogP contribution in [-0.4, -0.2) is 31.7 Å². The Morgan fingerprint density at radius 3 is 2.00 bits per heavy atom. The van der Waals surface area contributed by atoms with Gasteiger partial charge in [-0.15, -0.1) is 0 Å². The summed E-state index contributed by atoms with van der Waals surface area (Å²) in [6.45, 7) is 0. The average Bonchev–Trinajstić information content (AvgIpc) is 2.62. The molecule has 25 heavy (non-hydrogen) atoms. The minimum absolute atomic E-state index is 0.386. The molecule has 0 aliphatic carbocycles. The number of methoxy groups -OCH3 is 2. The lowest BCUT2D eigenvalue weighted by molar-refractivity contribution is -0.185. The van der Waals surface area contributed by atoms with Gasteiger partial charge in [-0.1, -0.05) is 12.1 Å². The predicted octanol–water partition coefficient (Wildman–Crippen LogP) is 2.61. The Hall–Kier alpha value is -2.80. The first kappa shape index (κ1) is 17.0. The lowest BCUT2D eigenvalue weighted by Gasteiger charge is -2.52. The van der Waals surface area contributed by atoms with E-state index in [-0.39, 0.29) is 0 Å². The Kier molecular flexibility index (Phi) is 4.26. The molecule has 5 nitrogen and oxygen atoms in total. The first-order valence-electron chi connectivity index (χ1n) is 7.44. The number of carbonyl (C=O) groups is 2. The quantitative estimate of drug-likeness (QED) is 0.485. The van der Waals surface area contributed by atoms with E-state index < -0.39 is 35.2 Å². The number of β-lactam (4-membered cyclic amide) rings is 1. The third-order valence-corrected chi connectivity index (χ3v) is 4.28. The zero-order valence-electron chi connectivity index (χ0n) is 13.5. The van der Waals surface area contributed by atoms with E-state index in [4.69, 9.17) is 9.47 Å². The van der Waals surface area contributed by atoms with Crippen LogP contribution in [0.15, 0.2) is 48.5 Å². The van der Waals surface area contributed by atoms with Gasteiger partial charge in [0.05, 0.1) is 7.11 Å². The molecule has 0 spiro atoms. The van der Waals surface area contributed by atoms with Crippen LogP contribution in [0.2, 0.25) is 0 Å². The van der Waals surface area contributed by atoms with Crippen LogP contribution in [0.3, 0.4) is 0 Å². The van der Waals surface area contributed by atoms with Crippen LogP contribution >= 0.6 is 0 Å². The number of rotatable bonds is 4. The summed E-state index contributed by atoms with van der Waals surface area (Å²) in [5, 5.41) is 0. The molecule has 0 bridgehead atoms. The normalized spacial score (nSPS) is 22.5. The van der Waals surface area contributed by atoms with Crippen LogP contribution in [0.25, 0.3) is 0 Å². The Morgan fingerprint density at radius 2 is 1.52 bits per heavy atom. The van der Waals surface area contributed by atoms with Gasteiger partial charge in [-0.3, -0.25) is 9.69 Å². The second-order valence-electron chi connectivity index (χ2n) is 5.54. The monoisotopic (exact) mass is 347 g/mol. The first-order chi connectivity index (χ1) is 12.0. The van der Waals surface area contributed by atoms with Crippen molar-refractivity contribution in [3.8, 4) is 0 Å². The summed E-state index contributed by atoms with van der Waals surface area (Å²) in [5.74, 6) is -2.40. The van der Waals surface area contributed by atoms with Crippen molar-refractivity contribution in [2.75, 3.05) is 19.1 Å². The molecule has 1 aliphatic heterocycles. The van der Waals surface area contributed by atoms with Crippen LogP contribution < -0.4 is 4.90 Å². The minimum Gasteiger partial charge on any atom is -0.466 e. The van der Waals surface area contributed by atoms with E-state index in [9.17, 15) is 18.4 Å². The van der Waals surface area contributed by atoms with Crippen LogP contribution in [0.5, 0.6) is 0 Å². The van der Waals surface area contributed by atoms with E-state index >= 15 is 0 Å². The number of ether oxygens (including phenoxy) is 2. The highest BCUT2D eigenvalue weighted by Gasteiger charge is 2.68. The molecule has 1 fully saturated rings. The molecule has 2 aromatic rings. The molecule has 2 aromatic carbocycles. The zero-order valence-corrected chi connectivity index (χ0v) is 13.5. The van der Waals surface area contributed by atoms with Gasteiger partial charge in [0.15, 0.2) is 0 Å². The number of carbonyl (C=O) groups excluding carboxylic acids is 2. The van der Waals surface area contributed by atoms with Crippen molar-refractivity contribution in [3.63, 3.8) is 0 Å². The standard InChI is InChI=1S/C18H15F2NO4/c1-24-17(23)18(25-2)15(11-3-5-12(19)6-4-11)21(16(18)22)14-9-7-13(20)8-10-14/h3-10,15H,1-2H3/t15-,18-/m0/s1. The molecule has 130 valence electrons. The summed E-state index contributed by atoms with van der Waals surface area (Å²) in [6.07, 6.45) is 0. The fraction of sp³-hybridized carbons (Fsp3) is 0.222. The summed E-state index contributed by atoms with van der Waals surface area (Å²) < 4.78 is 36.5. The predicted molar refractivity (Wildman–Crippen MR) is 84.8 cm³/mol. The Balaban J connectivity index is 2.12. The number of halogens is 2. The van der Waals surface area contributed by atoms with Gasteiger partial charge < -0.3 is 9.47 Å². The highest BCUT2D eigenvalue weighted by atomic mass is 19.1. The van der Waals surface area contributed by atoms with E-state index in [2.05, 4.69) is 0 Å². The number of anilines is 1. The van der Waals surface area contributed by atoms with Gasteiger partial charge in [-0.05, 0) is 42.0 Å². The highest BCUT2D eigenvalue weighted by Crippen LogP contribution is 2.48. The number of nitrogens with zero attached hydrogens (tertiary/aromatic N) is 1. The second-order valence-corrected chi connectivity index (χ2v) is 5.54. The molecular formula is C18H15F2NO4. The van der Waals surface area contributed by atoms with Gasteiger partial charge in [-0.25, -0.2) is 13.6 Å². The topological polar surface area (TPSA) is 55.8 Å². The zero-order chi connectivity index (χ0) is 18.2. The molecule has 1 saturated heterocycles. The van der Waals surface area contributed by atoms with Crippen molar-refractivity contribution in [2.45, 2.75) is 11.6 Å². The lowest BCUT2D eigenvalue weighted by atomic mass is 9.77. The SMILES string of the molecule is COC(=O)[C@@]1(OC)C(=O)N(c2ccc(F)cc2)[C@H]1c1ccc(F)cc1. The van der Waals surface area contributed by atoms with Crippen LogP contribution in [0.4, 0.5) is 14.5 Å². The van der Waals surface area contributed by atoms with Crippen molar-refractivity contribution in [3.05, 3.63) is 65.7 Å². The lowest BCUT2D eigenvalue weighted by Crippen LogP contribution is -2.73. The van der Waals surface area contributed by atoms with Gasteiger partial charge in [-0.2, -0.15) is 0 Å². The molecule has 3 rings (SSSR count). The number of esters is 1. The first-order valence-corrected chi connectivity index (χ1v) is 7.44. The van der Waals surface area contributed by atoms with Crippen LogP contribution in [0, 0.1) is 11.6 Å². The second kappa shape index (κ2) is 6.25. The number of benzene rings is 2. The van der Waals surface area contributed by atoms with Crippen molar-refractivity contribution < 1.29 is 27.8 Å². The van der Waals surface area contributed by atoms with Gasteiger partial charge in [0.1, 0.15) is 17.7 Å². The third kappa shape index (κ3) is 2.47. The van der Waals surface area contributed by atoms with Crippen molar-refractivity contribution in [1.29, 1.82) is 0 Å². The van der Waals surface area contributed by atoms with Crippen LogP contribution in [-0.2, 0) is 19.1 Å². The summed E-state index contributed by atoms with van der Waals surface area (Å²) in [4.78, 5) is 26.4. The molecule has 0 unspecified atom stereocenters. The molecule has 0 saturated carbocycles. The molecule has 0 aromatic heterocycles. The molecule has 1 heterocycles. The molecule has 0 N–H and O–H groups in total. The third-order valence-electron chi connectivity index (χ3n) is 4.28. The number of hydrogen-bond acceptors (Lipinski definition) is 4. The van der Waals surface area contributed by atoms with Gasteiger partial charge in [0, 0.05) is 12.8 Å². The van der Waals surface area contributed by atoms with E-state index in [1.165, 1.54) is 60.5 Å². The molecule has 1 aliphatic rings. The summed E-state index contributed by atoms with van der Waals surface area (Å²) >= 11 is 0. The largest absolute Gasteiger partial charge is 0.466 e. The van der Waals surface area contributed by atoms with Gasteiger partial charge >= 0.3 is 5.97 Å². The van der Waals surface area contributed by atoms with Crippen LogP contribution in [0.1, 0.15) is 11.6 Å². The van der Waals surface area contributed by atoms with E-state index in [0.717, 1.165) is 7.11 Å². The number of hydrogen-bond donors (Lipinski definition) is 0. The van der Waals surface area contributed by atoms with E-state index in [1.54, 1.807) is 0 Å². The summed E-state index contributed by atoms with van der Waals surface area (Å²) in [5.41, 5.74) is -1.00. The molecule has 1 amide bonds. The molecular weight excluding hydrogens is 332 g/mol. The van der Waals surface area contributed by atoms with Crippen molar-refractivity contribution >= 4 is 17.6 Å². The maximum atomic E-state index is 13.3. The Labute approximate surface area is 142 Å². The van der Waals surface area contributed by atoms with Crippen molar-refractivity contribution in [2.24, 2.45) is 0 Å². The van der Waals surface area contributed by atoms with Crippen molar-refractivity contribution in [1.82, 2.24) is 0 Å². The summed E-state index contributed by atoms with van der Waals surface area (Å²) in [6, 6.07) is 9.73. The number of amides is 1. The maximum Gasteiger partial charge on any atom is 0.350 e. The fourth-order valence-corrected chi connectivity index (χ4v) is 3.06. The molecule has 7 heteroatoms. The molecule has 0 radical (unpaired) electrons.